The molecule has 0 amide bonds. The Morgan fingerprint density at radius 1 is 1.26 bits per heavy atom. The predicted octanol–water partition coefficient (Wildman–Crippen LogP) is 1.64. The van der Waals surface area contributed by atoms with Crippen LogP contribution in [0.15, 0.2) is 23.0 Å². The zero-order chi connectivity index (χ0) is 13.7. The lowest BCUT2D eigenvalue weighted by molar-refractivity contribution is 0.713. The summed E-state index contributed by atoms with van der Waals surface area (Å²) in [5, 5.41) is 4.30. The van der Waals surface area contributed by atoms with E-state index in [1.807, 2.05) is 19.2 Å². The molecule has 0 N–H and O–H groups in total. The molecule has 0 radical (unpaired) electrons. The van der Waals surface area contributed by atoms with Crippen molar-refractivity contribution in [3.8, 4) is 5.69 Å². The molecule has 2 aromatic rings. The largest absolute Gasteiger partial charge is 0.365 e. The SMILES string of the molecule is CC(C)c1cccc2c1N(C)Cc1nn(C)c(=O)n1-2. The number of benzene rings is 1. The van der Waals surface area contributed by atoms with Crippen molar-refractivity contribution in [2.24, 2.45) is 7.05 Å². The van der Waals surface area contributed by atoms with Gasteiger partial charge < -0.3 is 4.90 Å². The lowest BCUT2D eigenvalue weighted by Crippen LogP contribution is -2.31. The number of aryl methyl sites for hydroxylation is 1. The molecule has 0 spiro atoms. The molecule has 1 aromatic carbocycles. The summed E-state index contributed by atoms with van der Waals surface area (Å²) in [5.74, 6) is 1.22. The first-order valence-corrected chi connectivity index (χ1v) is 6.50. The molecule has 100 valence electrons. The molecule has 3 rings (SSSR count). The summed E-state index contributed by atoms with van der Waals surface area (Å²) >= 11 is 0. The van der Waals surface area contributed by atoms with Gasteiger partial charge in [-0.15, -0.1) is 0 Å². The van der Waals surface area contributed by atoms with Crippen LogP contribution in [0, 0.1) is 0 Å². The number of hydrogen-bond acceptors (Lipinski definition) is 3. The maximum atomic E-state index is 12.2. The van der Waals surface area contributed by atoms with E-state index in [1.165, 1.54) is 10.2 Å². The summed E-state index contributed by atoms with van der Waals surface area (Å²) in [4.78, 5) is 14.4. The minimum Gasteiger partial charge on any atom is -0.365 e. The lowest BCUT2D eigenvalue weighted by Gasteiger charge is -2.30. The molecule has 1 aliphatic heterocycles. The van der Waals surface area contributed by atoms with Gasteiger partial charge in [0.15, 0.2) is 5.82 Å². The third-order valence-corrected chi connectivity index (χ3v) is 3.66. The average molecular weight is 258 g/mol. The van der Waals surface area contributed by atoms with Crippen molar-refractivity contribution in [3.05, 3.63) is 40.1 Å². The topological polar surface area (TPSA) is 43.1 Å². The van der Waals surface area contributed by atoms with Crippen LogP contribution in [0.25, 0.3) is 5.69 Å². The maximum absolute atomic E-state index is 12.2. The molecule has 5 nitrogen and oxygen atoms in total. The van der Waals surface area contributed by atoms with Gasteiger partial charge in [0, 0.05) is 14.1 Å². The van der Waals surface area contributed by atoms with E-state index in [4.69, 9.17) is 0 Å². The smallest absolute Gasteiger partial charge is 0.350 e. The van der Waals surface area contributed by atoms with E-state index in [0.717, 1.165) is 17.2 Å². The predicted molar refractivity (Wildman–Crippen MR) is 75.0 cm³/mol. The van der Waals surface area contributed by atoms with Gasteiger partial charge in [-0.25, -0.2) is 14.0 Å². The maximum Gasteiger partial charge on any atom is 0.350 e. The molecule has 0 saturated heterocycles. The molecule has 19 heavy (non-hydrogen) atoms. The first-order valence-electron chi connectivity index (χ1n) is 6.50. The van der Waals surface area contributed by atoms with Crippen LogP contribution in [0.1, 0.15) is 31.2 Å². The van der Waals surface area contributed by atoms with Crippen molar-refractivity contribution in [1.29, 1.82) is 0 Å². The number of fused-ring (bicyclic) bond motifs is 3. The Labute approximate surface area is 112 Å². The molecular formula is C14H18N4O. The molecule has 2 heterocycles. The van der Waals surface area contributed by atoms with Crippen molar-refractivity contribution in [2.75, 3.05) is 11.9 Å². The van der Waals surface area contributed by atoms with Gasteiger partial charge >= 0.3 is 5.69 Å². The van der Waals surface area contributed by atoms with Crippen LogP contribution in [0.3, 0.4) is 0 Å². The van der Waals surface area contributed by atoms with E-state index < -0.39 is 0 Å². The van der Waals surface area contributed by atoms with Gasteiger partial charge in [-0.2, -0.15) is 5.10 Å². The van der Waals surface area contributed by atoms with E-state index in [2.05, 4.69) is 29.9 Å². The van der Waals surface area contributed by atoms with Crippen LogP contribution >= 0.6 is 0 Å². The number of aromatic nitrogens is 3. The molecule has 5 heteroatoms. The molecule has 0 fully saturated rings. The second-order valence-electron chi connectivity index (χ2n) is 5.38. The van der Waals surface area contributed by atoms with Gasteiger partial charge in [-0.3, -0.25) is 0 Å². The normalized spacial score (nSPS) is 13.6. The fourth-order valence-corrected chi connectivity index (χ4v) is 2.76. The van der Waals surface area contributed by atoms with Gasteiger partial charge in [-0.1, -0.05) is 26.0 Å². The van der Waals surface area contributed by atoms with Crippen LogP contribution in [0.2, 0.25) is 0 Å². The van der Waals surface area contributed by atoms with Gasteiger partial charge in [0.05, 0.1) is 17.9 Å². The highest BCUT2D eigenvalue weighted by molar-refractivity contribution is 5.70. The molecule has 0 bridgehead atoms. The molecule has 0 aliphatic carbocycles. The highest BCUT2D eigenvalue weighted by Crippen LogP contribution is 2.36. The standard InChI is InChI=1S/C14H18N4O/c1-9(2)10-6-5-7-11-13(10)16(3)8-12-15-17(4)14(19)18(11)12/h5-7,9H,8H2,1-4H3. The van der Waals surface area contributed by atoms with Gasteiger partial charge in [0.2, 0.25) is 0 Å². The second kappa shape index (κ2) is 3.98. The average Bonchev–Trinajstić information content (AvgIpc) is 2.64. The number of rotatable bonds is 1. The molecule has 1 aromatic heterocycles. The van der Waals surface area contributed by atoms with Crippen molar-refractivity contribution < 1.29 is 0 Å². The number of hydrogen-bond donors (Lipinski definition) is 0. The van der Waals surface area contributed by atoms with E-state index in [0.29, 0.717) is 12.5 Å². The lowest BCUT2D eigenvalue weighted by atomic mass is 9.98. The molecule has 0 unspecified atom stereocenters. The monoisotopic (exact) mass is 258 g/mol. The van der Waals surface area contributed by atoms with Crippen LogP contribution in [-0.2, 0) is 13.6 Å². The van der Waals surface area contributed by atoms with E-state index in [-0.39, 0.29) is 5.69 Å². The summed E-state index contributed by atoms with van der Waals surface area (Å²) in [6.45, 7) is 5.00. The molecule has 0 saturated carbocycles. The Hall–Kier alpha value is -2.04. The van der Waals surface area contributed by atoms with Crippen LogP contribution < -0.4 is 10.6 Å². The summed E-state index contributed by atoms with van der Waals surface area (Å²) in [6.07, 6.45) is 0. The summed E-state index contributed by atoms with van der Waals surface area (Å²) < 4.78 is 3.13. The van der Waals surface area contributed by atoms with E-state index in [9.17, 15) is 4.79 Å². The minimum atomic E-state index is -0.0785. The zero-order valence-corrected chi connectivity index (χ0v) is 11.7. The molecule has 0 atom stereocenters. The van der Waals surface area contributed by atoms with Crippen LogP contribution in [-0.4, -0.2) is 21.4 Å². The Morgan fingerprint density at radius 2 is 2.00 bits per heavy atom. The molecular weight excluding hydrogens is 240 g/mol. The van der Waals surface area contributed by atoms with E-state index in [1.54, 1.807) is 11.6 Å². The minimum absolute atomic E-state index is 0.0785. The Morgan fingerprint density at radius 3 is 2.68 bits per heavy atom. The number of nitrogens with zero attached hydrogens (tertiary/aromatic N) is 4. The zero-order valence-electron chi connectivity index (χ0n) is 11.7. The summed E-state index contributed by atoms with van der Waals surface area (Å²) in [5.41, 5.74) is 3.26. The Kier molecular flexibility index (Phi) is 2.52. The third kappa shape index (κ3) is 1.61. The first kappa shape index (κ1) is 12.0. The van der Waals surface area contributed by atoms with Crippen molar-refractivity contribution in [3.63, 3.8) is 0 Å². The Bertz CT molecular complexity index is 696. The van der Waals surface area contributed by atoms with Gasteiger partial charge in [0.1, 0.15) is 0 Å². The highest BCUT2D eigenvalue weighted by Gasteiger charge is 2.26. The van der Waals surface area contributed by atoms with Gasteiger partial charge in [-0.05, 0) is 17.5 Å². The highest BCUT2D eigenvalue weighted by atomic mass is 16.2. The summed E-state index contributed by atoms with van der Waals surface area (Å²) in [6, 6.07) is 6.13. The van der Waals surface area contributed by atoms with E-state index >= 15 is 0 Å². The summed E-state index contributed by atoms with van der Waals surface area (Å²) in [7, 11) is 3.74. The number of para-hydroxylation sites is 1. The van der Waals surface area contributed by atoms with Crippen molar-refractivity contribution in [1.82, 2.24) is 14.3 Å². The fourth-order valence-electron chi connectivity index (χ4n) is 2.76. The fraction of sp³-hybridized carbons (Fsp3) is 0.429. The Balaban J connectivity index is 2.36. The van der Waals surface area contributed by atoms with Crippen LogP contribution in [0.4, 0.5) is 5.69 Å². The van der Waals surface area contributed by atoms with Gasteiger partial charge in [0.25, 0.3) is 0 Å². The quantitative estimate of drug-likeness (QED) is 0.781. The first-order chi connectivity index (χ1) is 9.00. The second-order valence-corrected chi connectivity index (χ2v) is 5.38. The van der Waals surface area contributed by atoms with Crippen LogP contribution in [0.5, 0.6) is 0 Å². The number of anilines is 1. The van der Waals surface area contributed by atoms with Crippen molar-refractivity contribution in [2.45, 2.75) is 26.3 Å². The van der Waals surface area contributed by atoms with Crippen molar-refractivity contribution >= 4 is 5.69 Å². The third-order valence-electron chi connectivity index (χ3n) is 3.66. The molecule has 1 aliphatic rings.